The predicted octanol–water partition coefficient (Wildman–Crippen LogP) is 4.22. The molecule has 0 aliphatic carbocycles. The van der Waals surface area contributed by atoms with Crippen molar-refractivity contribution in [3.8, 4) is 9.85 Å². The topological polar surface area (TPSA) is 26.3 Å². The van der Waals surface area contributed by atoms with Crippen molar-refractivity contribution in [1.29, 1.82) is 0 Å². The van der Waals surface area contributed by atoms with Crippen molar-refractivity contribution in [2.45, 2.75) is 0 Å². The van der Waals surface area contributed by atoms with Crippen LogP contribution >= 0.6 is 36.2 Å². The molecule has 0 aromatic heterocycles. The van der Waals surface area contributed by atoms with Gasteiger partial charge in [0.2, 0.25) is 0 Å². The maximum atomic E-state index is 11.7. The van der Waals surface area contributed by atoms with E-state index in [1.54, 1.807) is 6.07 Å². The zero-order valence-corrected chi connectivity index (χ0v) is 13.4. The second kappa shape index (κ2) is 5.35. The van der Waals surface area contributed by atoms with E-state index in [1.807, 2.05) is 42.5 Å². The van der Waals surface area contributed by atoms with Gasteiger partial charge in [0.05, 0.1) is 0 Å². The van der Waals surface area contributed by atoms with Crippen molar-refractivity contribution >= 4 is 42.1 Å². The van der Waals surface area contributed by atoms with Crippen molar-refractivity contribution in [2.24, 2.45) is 0 Å². The van der Waals surface area contributed by atoms with Crippen molar-refractivity contribution < 1.29 is 7.86 Å². The Hall–Kier alpha value is -1.32. The average Bonchev–Trinajstić information content (AvgIpc) is 2.75. The molecular weight excluding hydrogens is 419 g/mol. The monoisotopic (exact) mass is 426 g/mol. The molecule has 4 heteroatoms. The van der Waals surface area contributed by atoms with E-state index in [-0.39, 0.29) is 5.97 Å². The number of fused-ring (bicyclic) bond motifs is 1. The summed E-state index contributed by atoms with van der Waals surface area (Å²) >= 11 is 1.31. The van der Waals surface area contributed by atoms with Crippen LogP contribution in [-0.4, -0.2) is 5.97 Å². The fourth-order valence-electron chi connectivity index (χ4n) is 1.66. The van der Waals surface area contributed by atoms with Gasteiger partial charge >= 0.3 is 128 Å². The van der Waals surface area contributed by atoms with Gasteiger partial charge in [-0.15, -0.1) is 0 Å². The van der Waals surface area contributed by atoms with Crippen LogP contribution in [0.2, 0.25) is 0 Å². The third-order valence-corrected chi connectivity index (χ3v) is 6.86. The Morgan fingerprint density at radius 3 is 2.63 bits per heavy atom. The first-order valence-electron chi connectivity index (χ1n) is 5.53. The second-order valence-corrected chi connectivity index (χ2v) is 8.21. The molecule has 1 heterocycles. The maximum absolute atomic E-state index is 11.7. The number of carbonyl (C=O) groups excluding carboxylic acids is 1. The summed E-state index contributed by atoms with van der Waals surface area (Å²) in [4.78, 5) is 11.7. The number of hydrogen-bond donors (Lipinski definition) is 0. The molecule has 0 fully saturated rings. The van der Waals surface area contributed by atoms with Crippen LogP contribution in [-0.2, 0) is 3.07 Å². The number of halogens is 2. The molecule has 0 saturated carbocycles. The quantitative estimate of drug-likeness (QED) is 0.465. The zero-order valence-electron chi connectivity index (χ0n) is 9.69. The summed E-state index contributed by atoms with van der Waals surface area (Å²) in [5.41, 5.74) is 1.59. The summed E-state index contributed by atoms with van der Waals surface area (Å²) in [6.45, 7) is 0. The first-order chi connectivity index (χ1) is 9.25. The fourth-order valence-corrected chi connectivity index (χ4v) is 5.31. The summed E-state index contributed by atoms with van der Waals surface area (Å²) in [5, 5.41) is 0. The number of benzene rings is 2. The molecule has 94 valence electrons. The van der Waals surface area contributed by atoms with E-state index >= 15 is 0 Å². The molecule has 0 saturated heterocycles. The summed E-state index contributed by atoms with van der Waals surface area (Å²) in [5.74, 6) is 2.88. The van der Waals surface area contributed by atoms with Crippen molar-refractivity contribution in [3.05, 3.63) is 67.7 Å². The Kier molecular flexibility index (Phi) is 3.58. The van der Waals surface area contributed by atoms with Crippen LogP contribution in [0.3, 0.4) is 0 Å². The van der Waals surface area contributed by atoms with Gasteiger partial charge in [0.15, 0.2) is 0 Å². The zero-order chi connectivity index (χ0) is 13.2. The number of hydrogen-bond acceptors (Lipinski definition) is 2. The Morgan fingerprint density at radius 1 is 1.05 bits per heavy atom. The Labute approximate surface area is 127 Å². The van der Waals surface area contributed by atoms with Crippen molar-refractivity contribution in [1.82, 2.24) is 0 Å². The van der Waals surface area contributed by atoms with Crippen LogP contribution in [0.5, 0.6) is 0 Å². The van der Waals surface area contributed by atoms with Crippen LogP contribution in [0.1, 0.15) is 15.9 Å². The first kappa shape index (κ1) is 12.7. The minimum absolute atomic E-state index is 0.234. The first-order valence-corrected chi connectivity index (χ1v) is 9.37. The van der Waals surface area contributed by atoms with Crippen LogP contribution in [0.4, 0.5) is 0 Å². The van der Waals surface area contributed by atoms with Crippen molar-refractivity contribution in [2.75, 3.05) is 0 Å². The SMILES string of the molecule is O=C1OI(C#Cc2ccccc2Br)c2ccccc21. The van der Waals surface area contributed by atoms with Gasteiger partial charge in [0, 0.05) is 0 Å². The van der Waals surface area contributed by atoms with Gasteiger partial charge in [0.1, 0.15) is 0 Å². The van der Waals surface area contributed by atoms with Crippen molar-refractivity contribution in [3.63, 3.8) is 0 Å². The molecule has 1 aliphatic rings. The van der Waals surface area contributed by atoms with E-state index in [4.69, 9.17) is 3.07 Å². The van der Waals surface area contributed by atoms with Gasteiger partial charge in [-0.25, -0.2) is 0 Å². The molecule has 2 nitrogen and oxygen atoms in total. The molecule has 3 rings (SSSR count). The average molecular weight is 427 g/mol. The van der Waals surface area contributed by atoms with E-state index in [0.29, 0.717) is 5.56 Å². The third-order valence-electron chi connectivity index (χ3n) is 2.57. The Bertz CT molecular complexity index is 715. The summed E-state index contributed by atoms with van der Waals surface area (Å²) in [6, 6.07) is 15.3. The molecule has 19 heavy (non-hydrogen) atoms. The molecule has 0 spiro atoms. The van der Waals surface area contributed by atoms with Gasteiger partial charge in [-0.05, 0) is 0 Å². The molecule has 1 aliphatic heterocycles. The van der Waals surface area contributed by atoms with Crippen LogP contribution in [0.15, 0.2) is 53.0 Å². The van der Waals surface area contributed by atoms with Gasteiger partial charge < -0.3 is 0 Å². The fraction of sp³-hybridized carbons (Fsp3) is 0. The molecule has 0 amide bonds. The van der Waals surface area contributed by atoms with E-state index in [0.717, 1.165) is 13.6 Å². The normalized spacial score (nSPS) is 14.4. The van der Waals surface area contributed by atoms with E-state index in [9.17, 15) is 4.79 Å². The molecular formula is C15H8BrIO2. The predicted molar refractivity (Wildman–Crippen MR) is 85.6 cm³/mol. The number of carbonyl (C=O) groups is 1. The van der Waals surface area contributed by atoms with Gasteiger partial charge in [-0.2, -0.15) is 0 Å². The molecule has 0 atom stereocenters. The van der Waals surface area contributed by atoms with Gasteiger partial charge in [-0.3, -0.25) is 0 Å². The third kappa shape index (κ3) is 2.53. The standard InChI is InChI=1S/C15H8BrIO2/c16-13-7-3-1-5-11(13)9-10-17-14-8-4-2-6-12(14)15(18)19-17/h1-8H. The van der Waals surface area contributed by atoms with E-state index < -0.39 is 20.2 Å². The molecule has 0 unspecified atom stereocenters. The van der Waals surface area contributed by atoms with Crippen LogP contribution in [0, 0.1) is 13.4 Å². The summed E-state index contributed by atoms with van der Waals surface area (Å²) < 4.78 is 10.5. The Balaban J connectivity index is 1.95. The van der Waals surface area contributed by atoms with Crippen LogP contribution < -0.4 is 0 Å². The second-order valence-electron chi connectivity index (χ2n) is 3.79. The summed E-state index contributed by atoms with van der Waals surface area (Å²) in [7, 11) is 0. The van der Waals surface area contributed by atoms with Gasteiger partial charge in [-0.1, -0.05) is 0 Å². The molecule has 0 bridgehead atoms. The molecule has 2 aromatic rings. The van der Waals surface area contributed by atoms with Gasteiger partial charge in [0.25, 0.3) is 0 Å². The Morgan fingerprint density at radius 2 is 1.79 bits per heavy atom. The van der Waals surface area contributed by atoms with Crippen LogP contribution in [0.25, 0.3) is 0 Å². The van der Waals surface area contributed by atoms with E-state index in [1.165, 1.54) is 0 Å². The molecule has 0 N–H and O–H groups in total. The molecule has 0 radical (unpaired) electrons. The minimum atomic E-state index is -2.15. The number of rotatable bonds is 0. The summed E-state index contributed by atoms with van der Waals surface area (Å²) in [6.07, 6.45) is 0. The molecule has 2 aromatic carbocycles. The van der Waals surface area contributed by atoms with E-state index in [2.05, 4.69) is 25.8 Å².